The van der Waals surface area contributed by atoms with Gasteiger partial charge < -0.3 is 5.32 Å². The van der Waals surface area contributed by atoms with Crippen LogP contribution >= 0.6 is 0 Å². The van der Waals surface area contributed by atoms with Gasteiger partial charge in [0.25, 0.3) is 12.0 Å². The molecule has 3 aromatic rings. The molecule has 0 aliphatic carbocycles. The SMILES string of the molecule is O=c1[nH]c(NCc2ccc(C(F)F)cc2)nc2ccccc12. The van der Waals surface area contributed by atoms with E-state index in [0.717, 1.165) is 5.56 Å². The highest BCUT2D eigenvalue weighted by molar-refractivity contribution is 5.78. The van der Waals surface area contributed by atoms with Crippen LogP contribution in [0.2, 0.25) is 0 Å². The van der Waals surface area contributed by atoms with Gasteiger partial charge in [-0.05, 0) is 17.7 Å². The Hall–Kier alpha value is -2.76. The molecular weight excluding hydrogens is 288 g/mol. The number of H-pyrrole nitrogens is 1. The number of fused-ring (bicyclic) bond motifs is 1. The normalized spacial score (nSPS) is 11.0. The highest BCUT2D eigenvalue weighted by atomic mass is 19.3. The fraction of sp³-hybridized carbons (Fsp3) is 0.125. The molecule has 0 unspecified atom stereocenters. The van der Waals surface area contributed by atoms with Crippen LogP contribution in [0, 0.1) is 0 Å². The molecule has 3 rings (SSSR count). The number of para-hydroxylation sites is 1. The summed E-state index contributed by atoms with van der Waals surface area (Å²) in [6.07, 6.45) is -2.47. The number of alkyl halides is 2. The Bertz CT molecular complexity index is 844. The largest absolute Gasteiger partial charge is 0.352 e. The number of rotatable bonds is 4. The van der Waals surface area contributed by atoms with Crippen molar-refractivity contribution < 1.29 is 8.78 Å². The summed E-state index contributed by atoms with van der Waals surface area (Å²) >= 11 is 0. The Morgan fingerprint density at radius 1 is 1.09 bits per heavy atom. The number of benzene rings is 2. The van der Waals surface area contributed by atoms with Crippen molar-refractivity contribution in [2.24, 2.45) is 0 Å². The molecule has 112 valence electrons. The van der Waals surface area contributed by atoms with E-state index in [1.165, 1.54) is 12.1 Å². The number of hydrogen-bond donors (Lipinski definition) is 2. The zero-order chi connectivity index (χ0) is 15.5. The zero-order valence-corrected chi connectivity index (χ0v) is 11.5. The van der Waals surface area contributed by atoms with Crippen LogP contribution in [0.3, 0.4) is 0 Å². The van der Waals surface area contributed by atoms with Crippen LogP contribution in [0.1, 0.15) is 17.6 Å². The maximum absolute atomic E-state index is 12.5. The molecule has 6 heteroatoms. The first-order chi connectivity index (χ1) is 10.6. The second kappa shape index (κ2) is 5.93. The van der Waals surface area contributed by atoms with E-state index in [-0.39, 0.29) is 11.1 Å². The minimum atomic E-state index is -2.47. The first-order valence-corrected chi connectivity index (χ1v) is 6.73. The molecule has 0 saturated heterocycles. The molecule has 0 fully saturated rings. The van der Waals surface area contributed by atoms with E-state index >= 15 is 0 Å². The third-order valence-corrected chi connectivity index (χ3v) is 3.30. The van der Waals surface area contributed by atoms with Gasteiger partial charge in [-0.15, -0.1) is 0 Å². The minimum absolute atomic E-state index is 0.0130. The summed E-state index contributed by atoms with van der Waals surface area (Å²) in [4.78, 5) is 18.9. The molecule has 22 heavy (non-hydrogen) atoms. The summed E-state index contributed by atoms with van der Waals surface area (Å²) < 4.78 is 25.0. The van der Waals surface area contributed by atoms with Gasteiger partial charge in [0.05, 0.1) is 10.9 Å². The Kier molecular flexibility index (Phi) is 3.82. The van der Waals surface area contributed by atoms with Gasteiger partial charge in [0.1, 0.15) is 0 Å². The molecule has 0 radical (unpaired) electrons. The zero-order valence-electron chi connectivity index (χ0n) is 11.5. The van der Waals surface area contributed by atoms with Crippen molar-refractivity contribution in [1.29, 1.82) is 0 Å². The molecule has 0 spiro atoms. The van der Waals surface area contributed by atoms with Gasteiger partial charge in [-0.25, -0.2) is 13.8 Å². The summed E-state index contributed by atoms with van der Waals surface area (Å²) in [5, 5.41) is 3.51. The van der Waals surface area contributed by atoms with E-state index in [9.17, 15) is 13.6 Å². The van der Waals surface area contributed by atoms with Gasteiger partial charge in [-0.2, -0.15) is 0 Å². The Morgan fingerprint density at radius 3 is 2.55 bits per heavy atom. The summed E-state index contributed by atoms with van der Waals surface area (Å²) in [7, 11) is 0. The van der Waals surface area contributed by atoms with Crippen LogP contribution in [0.5, 0.6) is 0 Å². The van der Waals surface area contributed by atoms with Crippen molar-refractivity contribution in [1.82, 2.24) is 9.97 Å². The maximum atomic E-state index is 12.5. The van der Waals surface area contributed by atoms with E-state index in [0.29, 0.717) is 23.4 Å². The Balaban J connectivity index is 1.77. The quantitative estimate of drug-likeness (QED) is 0.775. The molecule has 1 heterocycles. The number of anilines is 1. The van der Waals surface area contributed by atoms with E-state index in [2.05, 4.69) is 15.3 Å². The number of nitrogens with zero attached hydrogens (tertiary/aromatic N) is 1. The van der Waals surface area contributed by atoms with Gasteiger partial charge in [0, 0.05) is 12.1 Å². The first kappa shape index (κ1) is 14.2. The molecule has 2 aromatic carbocycles. The standard InChI is InChI=1S/C16H13F2N3O/c17-14(18)11-7-5-10(6-8-11)9-19-16-20-13-4-2-1-3-12(13)15(22)21-16/h1-8,14H,9H2,(H2,19,20,21,22). The highest BCUT2D eigenvalue weighted by Gasteiger charge is 2.06. The average Bonchev–Trinajstić information content (AvgIpc) is 2.53. The number of nitrogens with one attached hydrogen (secondary N) is 2. The lowest BCUT2D eigenvalue weighted by atomic mass is 10.1. The fourth-order valence-electron chi connectivity index (χ4n) is 2.14. The average molecular weight is 301 g/mol. The van der Waals surface area contributed by atoms with Gasteiger partial charge in [0.2, 0.25) is 5.95 Å². The van der Waals surface area contributed by atoms with Crippen molar-refractivity contribution in [3.63, 3.8) is 0 Å². The monoisotopic (exact) mass is 301 g/mol. The van der Waals surface area contributed by atoms with Crippen LogP contribution in [0.25, 0.3) is 10.9 Å². The van der Waals surface area contributed by atoms with Crippen LogP contribution in [0.15, 0.2) is 53.3 Å². The summed E-state index contributed by atoms with van der Waals surface area (Å²) in [5.41, 5.74) is 1.18. The predicted octanol–water partition coefficient (Wildman–Crippen LogP) is 3.47. The summed E-state index contributed by atoms with van der Waals surface area (Å²) in [6, 6.07) is 13.1. The molecule has 0 saturated carbocycles. The lowest BCUT2D eigenvalue weighted by molar-refractivity contribution is 0.151. The van der Waals surface area contributed by atoms with E-state index in [1.807, 2.05) is 6.07 Å². The number of halogens is 2. The second-order valence-electron chi connectivity index (χ2n) is 4.83. The second-order valence-corrected chi connectivity index (χ2v) is 4.83. The Morgan fingerprint density at radius 2 is 1.82 bits per heavy atom. The highest BCUT2D eigenvalue weighted by Crippen LogP contribution is 2.19. The molecule has 4 nitrogen and oxygen atoms in total. The maximum Gasteiger partial charge on any atom is 0.263 e. The smallest absolute Gasteiger partial charge is 0.263 e. The lowest BCUT2D eigenvalue weighted by Crippen LogP contribution is -2.13. The topological polar surface area (TPSA) is 57.8 Å². The van der Waals surface area contributed by atoms with E-state index in [4.69, 9.17) is 0 Å². The van der Waals surface area contributed by atoms with Crippen molar-refractivity contribution in [2.45, 2.75) is 13.0 Å². The molecule has 0 amide bonds. The van der Waals surface area contributed by atoms with Crippen molar-refractivity contribution >= 4 is 16.9 Å². The van der Waals surface area contributed by atoms with Gasteiger partial charge in [-0.1, -0.05) is 36.4 Å². The molecule has 2 N–H and O–H groups in total. The predicted molar refractivity (Wildman–Crippen MR) is 81.1 cm³/mol. The van der Waals surface area contributed by atoms with Crippen LogP contribution in [-0.4, -0.2) is 9.97 Å². The minimum Gasteiger partial charge on any atom is -0.352 e. The lowest BCUT2D eigenvalue weighted by Gasteiger charge is -2.07. The molecule has 0 bridgehead atoms. The summed E-state index contributed by atoms with van der Waals surface area (Å²) in [6.45, 7) is 0.380. The number of hydrogen-bond acceptors (Lipinski definition) is 3. The molecular formula is C16H13F2N3O. The van der Waals surface area contributed by atoms with Gasteiger partial charge in [0.15, 0.2) is 0 Å². The third-order valence-electron chi connectivity index (χ3n) is 3.30. The van der Waals surface area contributed by atoms with E-state index in [1.54, 1.807) is 30.3 Å². The number of aromatic amines is 1. The first-order valence-electron chi connectivity index (χ1n) is 6.73. The molecule has 0 atom stereocenters. The van der Waals surface area contributed by atoms with Crippen LogP contribution in [0.4, 0.5) is 14.7 Å². The molecule has 0 aliphatic heterocycles. The van der Waals surface area contributed by atoms with Gasteiger partial charge in [-0.3, -0.25) is 9.78 Å². The van der Waals surface area contributed by atoms with Crippen molar-refractivity contribution in [3.05, 3.63) is 70.0 Å². The van der Waals surface area contributed by atoms with Crippen LogP contribution in [-0.2, 0) is 6.54 Å². The fourth-order valence-corrected chi connectivity index (χ4v) is 2.14. The molecule has 0 aliphatic rings. The summed E-state index contributed by atoms with van der Waals surface area (Å²) in [5.74, 6) is 0.349. The van der Waals surface area contributed by atoms with Crippen LogP contribution < -0.4 is 10.9 Å². The van der Waals surface area contributed by atoms with Crippen molar-refractivity contribution in [2.75, 3.05) is 5.32 Å². The molecule has 1 aromatic heterocycles. The van der Waals surface area contributed by atoms with Crippen molar-refractivity contribution in [3.8, 4) is 0 Å². The van der Waals surface area contributed by atoms with E-state index < -0.39 is 6.43 Å². The third kappa shape index (κ3) is 2.95. The van der Waals surface area contributed by atoms with Gasteiger partial charge >= 0.3 is 0 Å². The Labute approximate surface area is 124 Å². The number of aromatic nitrogens is 2.